The molecule has 0 radical (unpaired) electrons. The zero-order valence-electron chi connectivity index (χ0n) is 27.2. The average Bonchev–Trinajstić information content (AvgIpc) is 3.31. The standard InChI is InChI=1S/C37H56O5/c1-8-24(22(2)3)10-9-23(4)28-12-13-29-34-30(16-18-37(28,29)6)36(5)17-15-27(20-26(36)21-32(34)39)42-35(40)25-11-14-31(38)33(19-25)41-7/h11,14,19,21-24,27-30,32,34,38-39H,8-10,12-13,15-18,20H2,1-7H3/t23-,24-,27?,28-,29+,30+,32?,34+,36+,37-/m1/s1. The maximum absolute atomic E-state index is 13.0. The zero-order valence-corrected chi connectivity index (χ0v) is 27.2. The van der Waals surface area contributed by atoms with E-state index in [4.69, 9.17) is 9.47 Å². The van der Waals surface area contributed by atoms with Gasteiger partial charge in [0.1, 0.15) is 6.10 Å². The molecule has 0 heterocycles. The number of carbonyl (C=O) groups excluding carboxylic acids is 1. The molecule has 5 rings (SSSR count). The largest absolute Gasteiger partial charge is 0.504 e. The Labute approximate surface area is 254 Å². The van der Waals surface area contributed by atoms with Crippen molar-refractivity contribution in [2.45, 2.75) is 118 Å². The highest BCUT2D eigenvalue weighted by molar-refractivity contribution is 5.90. The second-order valence-electron chi connectivity index (χ2n) is 15.2. The van der Waals surface area contributed by atoms with Gasteiger partial charge in [0.2, 0.25) is 0 Å². The average molecular weight is 581 g/mol. The first-order chi connectivity index (χ1) is 19.9. The zero-order chi connectivity index (χ0) is 30.4. The molecule has 0 amide bonds. The van der Waals surface area contributed by atoms with E-state index in [0.717, 1.165) is 36.5 Å². The number of aliphatic hydroxyl groups excluding tert-OH is 1. The van der Waals surface area contributed by atoms with Gasteiger partial charge in [-0.15, -0.1) is 0 Å². The number of benzene rings is 1. The van der Waals surface area contributed by atoms with Gasteiger partial charge in [-0.05, 0) is 115 Å². The van der Waals surface area contributed by atoms with Gasteiger partial charge in [-0.2, -0.15) is 0 Å². The van der Waals surface area contributed by atoms with Crippen LogP contribution in [-0.2, 0) is 4.74 Å². The quantitative estimate of drug-likeness (QED) is 0.226. The van der Waals surface area contributed by atoms with Crippen LogP contribution in [0.2, 0.25) is 0 Å². The summed E-state index contributed by atoms with van der Waals surface area (Å²) in [6.07, 6.45) is 13.0. The number of esters is 1. The minimum atomic E-state index is -0.419. The van der Waals surface area contributed by atoms with E-state index in [-0.39, 0.29) is 23.0 Å². The van der Waals surface area contributed by atoms with Crippen LogP contribution in [0.1, 0.15) is 116 Å². The van der Waals surface area contributed by atoms with Gasteiger partial charge in [0, 0.05) is 6.42 Å². The summed E-state index contributed by atoms with van der Waals surface area (Å²) < 4.78 is 11.1. The van der Waals surface area contributed by atoms with Crippen molar-refractivity contribution in [2.24, 2.45) is 52.3 Å². The van der Waals surface area contributed by atoms with Crippen molar-refractivity contribution in [2.75, 3.05) is 7.11 Å². The monoisotopic (exact) mass is 580 g/mol. The van der Waals surface area contributed by atoms with Crippen LogP contribution < -0.4 is 4.74 Å². The summed E-state index contributed by atoms with van der Waals surface area (Å²) in [5.74, 6) is 4.36. The van der Waals surface area contributed by atoms with Crippen molar-refractivity contribution in [1.82, 2.24) is 0 Å². The van der Waals surface area contributed by atoms with E-state index >= 15 is 0 Å². The summed E-state index contributed by atoms with van der Waals surface area (Å²) >= 11 is 0. The molecule has 1 aromatic carbocycles. The summed E-state index contributed by atoms with van der Waals surface area (Å²) in [5.41, 5.74) is 2.04. The van der Waals surface area contributed by atoms with Crippen molar-refractivity contribution in [3.63, 3.8) is 0 Å². The summed E-state index contributed by atoms with van der Waals surface area (Å²) in [6.45, 7) is 14.6. The molecule has 0 spiro atoms. The molecule has 2 unspecified atom stereocenters. The molecule has 3 saturated carbocycles. The number of fused-ring (bicyclic) bond motifs is 5. The molecule has 0 aliphatic heterocycles. The molecule has 4 aliphatic carbocycles. The minimum Gasteiger partial charge on any atom is -0.504 e. The van der Waals surface area contributed by atoms with Gasteiger partial charge < -0.3 is 19.7 Å². The second-order valence-corrected chi connectivity index (χ2v) is 15.2. The summed E-state index contributed by atoms with van der Waals surface area (Å²) in [4.78, 5) is 13.0. The van der Waals surface area contributed by atoms with Gasteiger partial charge in [-0.1, -0.05) is 66.0 Å². The smallest absolute Gasteiger partial charge is 0.338 e. The summed E-state index contributed by atoms with van der Waals surface area (Å²) in [6, 6.07) is 4.56. The molecule has 0 aromatic heterocycles. The third-order valence-corrected chi connectivity index (χ3v) is 13.0. The third-order valence-electron chi connectivity index (χ3n) is 13.0. The second kappa shape index (κ2) is 12.2. The van der Waals surface area contributed by atoms with E-state index in [1.54, 1.807) is 6.07 Å². The predicted octanol–water partition coefficient (Wildman–Crippen LogP) is 8.57. The first-order valence-electron chi connectivity index (χ1n) is 16.9. The molecule has 10 atom stereocenters. The first kappa shape index (κ1) is 31.4. The van der Waals surface area contributed by atoms with Crippen LogP contribution in [0, 0.1) is 52.3 Å². The van der Waals surface area contributed by atoms with Gasteiger partial charge >= 0.3 is 5.97 Å². The lowest BCUT2D eigenvalue weighted by atomic mass is 9.46. The van der Waals surface area contributed by atoms with E-state index in [1.807, 2.05) is 0 Å². The molecule has 5 nitrogen and oxygen atoms in total. The Balaban J connectivity index is 1.28. The Kier molecular flexibility index (Phi) is 9.11. The molecule has 234 valence electrons. The van der Waals surface area contributed by atoms with Crippen molar-refractivity contribution < 1.29 is 24.5 Å². The molecule has 5 heteroatoms. The molecule has 0 saturated heterocycles. The number of hydrogen-bond acceptors (Lipinski definition) is 5. The van der Waals surface area contributed by atoms with Gasteiger partial charge in [-0.3, -0.25) is 0 Å². The van der Waals surface area contributed by atoms with Gasteiger partial charge in [0.25, 0.3) is 0 Å². The molecule has 2 N–H and O–H groups in total. The number of phenolic OH excluding ortho intramolecular Hbond substituents is 1. The van der Waals surface area contributed by atoms with Gasteiger partial charge in [0.05, 0.1) is 18.8 Å². The molecule has 1 aromatic rings. The van der Waals surface area contributed by atoms with E-state index in [9.17, 15) is 15.0 Å². The van der Waals surface area contributed by atoms with Gasteiger partial charge in [-0.25, -0.2) is 4.79 Å². The molecular formula is C37H56O5. The van der Waals surface area contributed by atoms with Crippen LogP contribution in [-0.4, -0.2) is 35.5 Å². The fourth-order valence-corrected chi connectivity index (χ4v) is 10.4. The van der Waals surface area contributed by atoms with Gasteiger partial charge in [0.15, 0.2) is 11.5 Å². The highest BCUT2D eigenvalue weighted by Gasteiger charge is 2.61. The lowest BCUT2D eigenvalue weighted by Crippen LogP contribution is -2.55. The van der Waals surface area contributed by atoms with E-state index in [2.05, 4.69) is 47.6 Å². The Morgan fingerprint density at radius 3 is 2.50 bits per heavy atom. The number of hydrogen-bond donors (Lipinski definition) is 2. The molecule has 3 fully saturated rings. The number of aliphatic hydroxyl groups is 1. The van der Waals surface area contributed by atoms with Crippen LogP contribution in [0.3, 0.4) is 0 Å². The van der Waals surface area contributed by atoms with Crippen LogP contribution in [0.4, 0.5) is 0 Å². The Morgan fingerprint density at radius 2 is 1.81 bits per heavy atom. The minimum absolute atomic E-state index is 0.00117. The first-order valence-corrected chi connectivity index (χ1v) is 16.9. The number of methoxy groups -OCH3 is 1. The Bertz CT molecular complexity index is 1160. The lowest BCUT2D eigenvalue weighted by molar-refractivity contribution is -0.0979. The van der Waals surface area contributed by atoms with E-state index in [1.165, 1.54) is 69.8 Å². The Morgan fingerprint density at radius 1 is 1.05 bits per heavy atom. The maximum Gasteiger partial charge on any atom is 0.338 e. The van der Waals surface area contributed by atoms with E-state index < -0.39 is 12.1 Å². The van der Waals surface area contributed by atoms with Crippen LogP contribution >= 0.6 is 0 Å². The van der Waals surface area contributed by atoms with Crippen LogP contribution in [0.25, 0.3) is 0 Å². The summed E-state index contributed by atoms with van der Waals surface area (Å²) in [7, 11) is 1.47. The lowest BCUT2D eigenvalue weighted by Gasteiger charge is -2.59. The fourth-order valence-electron chi connectivity index (χ4n) is 10.4. The number of ether oxygens (including phenoxy) is 2. The number of aromatic hydroxyl groups is 1. The topological polar surface area (TPSA) is 76.0 Å². The molecule has 4 aliphatic rings. The van der Waals surface area contributed by atoms with Crippen LogP contribution in [0.5, 0.6) is 11.5 Å². The van der Waals surface area contributed by atoms with Crippen molar-refractivity contribution in [3.8, 4) is 11.5 Å². The SMILES string of the molecule is CC[C@H](CC[C@@H](C)[C@H]1CC[C@H]2[C@@H]3C(O)C=C4CC(OC(=O)c5ccc(O)c(OC)c5)CC[C@]4(C)[C@H]3CC[C@]12C)C(C)C. The number of rotatable bonds is 9. The normalized spacial score (nSPS) is 37.2. The van der Waals surface area contributed by atoms with Crippen LogP contribution in [0.15, 0.2) is 29.8 Å². The fraction of sp³-hybridized carbons (Fsp3) is 0.757. The van der Waals surface area contributed by atoms with Crippen molar-refractivity contribution in [1.29, 1.82) is 0 Å². The molecule has 0 bridgehead atoms. The number of phenols is 1. The highest BCUT2D eigenvalue weighted by Crippen LogP contribution is 2.67. The Hall–Kier alpha value is -2.01. The highest BCUT2D eigenvalue weighted by atomic mass is 16.5. The van der Waals surface area contributed by atoms with E-state index in [0.29, 0.717) is 35.2 Å². The van der Waals surface area contributed by atoms with Crippen molar-refractivity contribution >= 4 is 5.97 Å². The predicted molar refractivity (Wildman–Crippen MR) is 167 cm³/mol. The summed E-state index contributed by atoms with van der Waals surface area (Å²) in [5, 5.41) is 21.6. The number of carbonyl (C=O) groups is 1. The van der Waals surface area contributed by atoms with Crippen molar-refractivity contribution in [3.05, 3.63) is 35.4 Å². The maximum atomic E-state index is 13.0. The molecular weight excluding hydrogens is 524 g/mol. The molecule has 42 heavy (non-hydrogen) atoms. The third kappa shape index (κ3) is 5.53.